The first-order chi connectivity index (χ1) is 7.72. The maximum Gasteiger partial charge on any atom is 0.262 e. The van der Waals surface area contributed by atoms with Gasteiger partial charge in [0.2, 0.25) is 5.95 Å². The van der Waals surface area contributed by atoms with Gasteiger partial charge >= 0.3 is 0 Å². The van der Waals surface area contributed by atoms with E-state index in [2.05, 4.69) is 27.2 Å². The summed E-state index contributed by atoms with van der Waals surface area (Å²) in [6, 6.07) is 0. The molecule has 6 heteroatoms. The first-order valence-corrected chi connectivity index (χ1v) is 5.29. The molecule has 2 heterocycles. The summed E-state index contributed by atoms with van der Waals surface area (Å²) in [5.74, 6) is 0.132. The second kappa shape index (κ2) is 4.36. The number of hydrogen-bond acceptors (Lipinski definition) is 4. The van der Waals surface area contributed by atoms with Crippen molar-refractivity contribution in [2.45, 2.75) is 19.9 Å². The highest BCUT2D eigenvalue weighted by atomic mass is 16.1. The fourth-order valence-corrected chi connectivity index (χ4v) is 1.66. The first-order valence-electron chi connectivity index (χ1n) is 5.29. The van der Waals surface area contributed by atoms with Gasteiger partial charge in [-0.25, -0.2) is 0 Å². The van der Waals surface area contributed by atoms with Crippen LogP contribution in [0.15, 0.2) is 11.0 Å². The molecule has 2 rings (SSSR count). The number of nitrogens with zero attached hydrogens (tertiary/aromatic N) is 1. The van der Waals surface area contributed by atoms with Gasteiger partial charge in [-0.2, -0.15) is 4.98 Å². The fourth-order valence-electron chi connectivity index (χ4n) is 1.66. The molecule has 0 radical (unpaired) electrons. The predicted molar refractivity (Wildman–Crippen MR) is 63.1 cm³/mol. The first kappa shape index (κ1) is 10.7. The highest BCUT2D eigenvalue weighted by Crippen LogP contribution is 2.11. The third-order valence-corrected chi connectivity index (χ3v) is 2.38. The molecule has 5 N–H and O–H groups in total. The Labute approximate surface area is 92.3 Å². The Kier molecular flexibility index (Phi) is 2.91. The molecule has 0 aliphatic carbocycles. The van der Waals surface area contributed by atoms with Crippen molar-refractivity contribution in [1.29, 1.82) is 0 Å². The number of nitrogens with two attached hydrogens (primary N) is 1. The normalized spacial score (nSPS) is 11.1. The Bertz CT molecular complexity index is 542. The van der Waals surface area contributed by atoms with Crippen molar-refractivity contribution < 1.29 is 0 Å². The largest absolute Gasteiger partial charge is 0.369 e. The number of hydrogen-bond donors (Lipinski definition) is 4. The monoisotopic (exact) mass is 221 g/mol. The number of aromatic nitrogens is 3. The molecule has 0 saturated heterocycles. The molecule has 16 heavy (non-hydrogen) atoms. The summed E-state index contributed by atoms with van der Waals surface area (Å²) in [5.41, 5.74) is 6.71. The van der Waals surface area contributed by atoms with Crippen LogP contribution in [0.25, 0.3) is 11.0 Å². The second-order valence-corrected chi connectivity index (χ2v) is 3.67. The maximum absolute atomic E-state index is 11.7. The van der Waals surface area contributed by atoms with Crippen LogP contribution in [0.2, 0.25) is 0 Å². The zero-order chi connectivity index (χ0) is 11.5. The minimum Gasteiger partial charge on any atom is -0.369 e. The van der Waals surface area contributed by atoms with Gasteiger partial charge in [0.15, 0.2) is 0 Å². The molecule has 0 bridgehead atoms. The van der Waals surface area contributed by atoms with E-state index in [4.69, 9.17) is 5.73 Å². The lowest BCUT2D eigenvalue weighted by Crippen LogP contribution is -2.16. The molecule has 0 aromatic carbocycles. The van der Waals surface area contributed by atoms with Crippen LogP contribution in [0.1, 0.15) is 18.9 Å². The summed E-state index contributed by atoms with van der Waals surface area (Å²) in [6.07, 6.45) is 2.85. The van der Waals surface area contributed by atoms with Crippen molar-refractivity contribution in [2.75, 3.05) is 12.3 Å². The van der Waals surface area contributed by atoms with E-state index in [-0.39, 0.29) is 11.5 Å². The number of aromatic amines is 2. The highest BCUT2D eigenvalue weighted by molar-refractivity contribution is 5.79. The summed E-state index contributed by atoms with van der Waals surface area (Å²) < 4.78 is 0. The smallest absolute Gasteiger partial charge is 0.262 e. The molecule has 0 unspecified atom stereocenters. The van der Waals surface area contributed by atoms with Crippen molar-refractivity contribution in [3.8, 4) is 0 Å². The highest BCUT2D eigenvalue weighted by Gasteiger charge is 2.09. The lowest BCUT2D eigenvalue weighted by molar-refractivity contribution is 0.678. The number of nitrogen functional groups attached to an aromatic ring is 1. The van der Waals surface area contributed by atoms with E-state index in [1.807, 2.05) is 0 Å². The summed E-state index contributed by atoms with van der Waals surface area (Å²) in [4.78, 5) is 21.2. The Morgan fingerprint density at radius 2 is 2.38 bits per heavy atom. The molecule has 6 nitrogen and oxygen atoms in total. The van der Waals surface area contributed by atoms with Gasteiger partial charge in [-0.1, -0.05) is 6.92 Å². The maximum atomic E-state index is 11.7. The molecule has 0 atom stereocenters. The van der Waals surface area contributed by atoms with Crippen molar-refractivity contribution in [2.24, 2.45) is 0 Å². The lowest BCUT2D eigenvalue weighted by Gasteiger charge is -2.00. The van der Waals surface area contributed by atoms with E-state index in [0.717, 1.165) is 18.5 Å². The van der Waals surface area contributed by atoms with Crippen LogP contribution in [0.5, 0.6) is 0 Å². The SMILES string of the molecule is CCCNCc1c[nH]c2nc(N)[nH]c(=O)c12. The fraction of sp³-hybridized carbons (Fsp3) is 0.400. The molecule has 2 aromatic rings. The third-order valence-electron chi connectivity index (χ3n) is 2.38. The molecule has 0 saturated carbocycles. The predicted octanol–water partition coefficient (Wildman–Crippen LogP) is 0.333. The van der Waals surface area contributed by atoms with Gasteiger partial charge in [0.05, 0.1) is 5.39 Å². The molecule has 0 aliphatic rings. The molecule has 86 valence electrons. The van der Waals surface area contributed by atoms with Gasteiger partial charge in [-0.3, -0.25) is 9.78 Å². The van der Waals surface area contributed by atoms with Crippen LogP contribution in [0.3, 0.4) is 0 Å². The van der Waals surface area contributed by atoms with Crippen LogP contribution < -0.4 is 16.6 Å². The molecule has 0 fully saturated rings. The minimum atomic E-state index is -0.197. The van der Waals surface area contributed by atoms with Crippen molar-refractivity contribution in [1.82, 2.24) is 20.3 Å². The number of rotatable bonds is 4. The van der Waals surface area contributed by atoms with Crippen molar-refractivity contribution in [3.05, 3.63) is 22.1 Å². The third kappa shape index (κ3) is 1.92. The van der Waals surface area contributed by atoms with Crippen LogP contribution >= 0.6 is 0 Å². The number of H-pyrrole nitrogens is 2. The van der Waals surface area contributed by atoms with Crippen molar-refractivity contribution >= 4 is 17.0 Å². The molecule has 0 spiro atoms. The van der Waals surface area contributed by atoms with E-state index in [1.165, 1.54) is 0 Å². The minimum absolute atomic E-state index is 0.132. The molecule has 0 amide bonds. The Morgan fingerprint density at radius 3 is 3.12 bits per heavy atom. The average Bonchev–Trinajstić information content (AvgIpc) is 2.62. The van der Waals surface area contributed by atoms with E-state index in [9.17, 15) is 4.79 Å². The Morgan fingerprint density at radius 1 is 1.56 bits per heavy atom. The van der Waals surface area contributed by atoms with E-state index >= 15 is 0 Å². The topological polar surface area (TPSA) is 99.6 Å². The van der Waals surface area contributed by atoms with Crippen molar-refractivity contribution in [3.63, 3.8) is 0 Å². The number of anilines is 1. The standard InChI is InChI=1S/C10H15N5O/c1-2-3-12-4-6-5-13-8-7(6)9(16)15-10(11)14-8/h5,12H,2-4H2,1H3,(H4,11,13,14,15,16). The van der Waals surface area contributed by atoms with Crippen LogP contribution in [-0.2, 0) is 6.54 Å². The van der Waals surface area contributed by atoms with Crippen LogP contribution in [0, 0.1) is 0 Å². The van der Waals surface area contributed by atoms with Crippen LogP contribution in [-0.4, -0.2) is 21.5 Å². The summed E-state index contributed by atoms with van der Waals surface area (Å²) >= 11 is 0. The molecular weight excluding hydrogens is 206 g/mol. The summed E-state index contributed by atoms with van der Waals surface area (Å²) in [7, 11) is 0. The van der Waals surface area contributed by atoms with Gasteiger partial charge in [-0.05, 0) is 18.5 Å². The zero-order valence-corrected chi connectivity index (χ0v) is 9.13. The second-order valence-electron chi connectivity index (χ2n) is 3.67. The number of fused-ring (bicyclic) bond motifs is 1. The number of nitrogens with one attached hydrogen (secondary N) is 3. The van der Waals surface area contributed by atoms with E-state index in [0.29, 0.717) is 17.6 Å². The lowest BCUT2D eigenvalue weighted by atomic mass is 10.2. The Hall–Kier alpha value is -1.82. The van der Waals surface area contributed by atoms with Gasteiger partial charge in [-0.15, -0.1) is 0 Å². The van der Waals surface area contributed by atoms with Gasteiger partial charge in [0.25, 0.3) is 5.56 Å². The van der Waals surface area contributed by atoms with Gasteiger partial charge in [0.1, 0.15) is 5.65 Å². The molecule has 0 aliphatic heterocycles. The average molecular weight is 221 g/mol. The van der Waals surface area contributed by atoms with Gasteiger partial charge in [0, 0.05) is 12.7 Å². The molecular formula is C10H15N5O. The summed E-state index contributed by atoms with van der Waals surface area (Å²) in [5, 5.41) is 3.82. The molecule has 2 aromatic heterocycles. The zero-order valence-electron chi connectivity index (χ0n) is 9.13. The van der Waals surface area contributed by atoms with Crippen LogP contribution in [0.4, 0.5) is 5.95 Å². The van der Waals surface area contributed by atoms with E-state index < -0.39 is 0 Å². The Balaban J connectivity index is 2.37. The van der Waals surface area contributed by atoms with Gasteiger partial charge < -0.3 is 16.0 Å². The van der Waals surface area contributed by atoms with E-state index in [1.54, 1.807) is 6.20 Å². The summed E-state index contributed by atoms with van der Waals surface area (Å²) in [6.45, 7) is 3.67. The quantitative estimate of drug-likeness (QED) is 0.559.